The number of carbonyl (C=O) groups is 1. The molecule has 0 bridgehead atoms. The van der Waals surface area contributed by atoms with E-state index >= 15 is 0 Å². The minimum absolute atomic E-state index is 0.266. The van der Waals surface area contributed by atoms with Crippen LogP contribution in [0.3, 0.4) is 0 Å². The molecule has 5 nitrogen and oxygen atoms in total. The second kappa shape index (κ2) is 8.27. The van der Waals surface area contributed by atoms with E-state index in [-0.39, 0.29) is 5.91 Å². The molecule has 0 saturated carbocycles. The van der Waals surface area contributed by atoms with Crippen molar-refractivity contribution in [3.63, 3.8) is 0 Å². The third-order valence-electron chi connectivity index (χ3n) is 4.18. The molecule has 0 unspecified atom stereocenters. The number of aromatic nitrogens is 2. The van der Waals surface area contributed by atoms with Crippen LogP contribution in [0.2, 0.25) is 0 Å². The molecule has 0 saturated heterocycles. The zero-order valence-corrected chi connectivity index (χ0v) is 15.5. The van der Waals surface area contributed by atoms with E-state index in [4.69, 9.17) is 0 Å². The fourth-order valence-corrected chi connectivity index (χ4v) is 2.57. The van der Waals surface area contributed by atoms with Crippen molar-refractivity contribution in [2.24, 2.45) is 0 Å². The van der Waals surface area contributed by atoms with Crippen molar-refractivity contribution < 1.29 is 4.79 Å². The van der Waals surface area contributed by atoms with Gasteiger partial charge in [0.05, 0.1) is 0 Å². The van der Waals surface area contributed by atoms with Crippen LogP contribution < -0.4 is 10.6 Å². The molecule has 0 atom stereocenters. The Morgan fingerprint density at radius 3 is 2.52 bits per heavy atom. The van der Waals surface area contributed by atoms with Gasteiger partial charge in [-0.05, 0) is 37.1 Å². The Bertz CT molecular complexity index is 967. The summed E-state index contributed by atoms with van der Waals surface area (Å²) in [7, 11) is 0. The molecule has 1 amide bonds. The van der Waals surface area contributed by atoms with E-state index in [0.29, 0.717) is 23.9 Å². The van der Waals surface area contributed by atoms with Crippen LogP contribution in [0, 0.1) is 13.8 Å². The molecule has 0 aliphatic carbocycles. The van der Waals surface area contributed by atoms with Crippen molar-refractivity contribution in [1.29, 1.82) is 0 Å². The van der Waals surface area contributed by atoms with Crippen molar-refractivity contribution in [3.05, 3.63) is 84.1 Å². The van der Waals surface area contributed by atoms with Crippen LogP contribution in [0.5, 0.6) is 0 Å². The highest BCUT2D eigenvalue weighted by Crippen LogP contribution is 2.22. The average Bonchev–Trinajstić information content (AvgIpc) is 2.69. The second-order valence-corrected chi connectivity index (χ2v) is 6.25. The smallest absolute Gasteiger partial charge is 0.270 e. The summed E-state index contributed by atoms with van der Waals surface area (Å²) >= 11 is 0. The van der Waals surface area contributed by atoms with E-state index in [9.17, 15) is 4.79 Å². The Hall–Kier alpha value is -3.47. The Kier molecular flexibility index (Phi) is 5.61. The van der Waals surface area contributed by atoms with Crippen LogP contribution in [-0.2, 0) is 0 Å². The van der Waals surface area contributed by atoms with Crippen LogP contribution in [0.25, 0.3) is 11.4 Å². The van der Waals surface area contributed by atoms with Gasteiger partial charge < -0.3 is 10.6 Å². The van der Waals surface area contributed by atoms with Crippen LogP contribution in [-0.4, -0.2) is 22.4 Å². The molecule has 1 heterocycles. The molecular formula is C22H22N4O. The third-order valence-corrected chi connectivity index (χ3v) is 4.18. The van der Waals surface area contributed by atoms with Crippen molar-refractivity contribution in [2.45, 2.75) is 13.8 Å². The van der Waals surface area contributed by atoms with Crippen LogP contribution in [0.15, 0.2) is 67.3 Å². The van der Waals surface area contributed by atoms with E-state index in [1.807, 2.05) is 36.4 Å². The average molecular weight is 358 g/mol. The number of hydrogen-bond acceptors (Lipinski definition) is 4. The lowest BCUT2D eigenvalue weighted by atomic mass is 10.1. The standard InChI is InChI=1S/C22H22N4O/c1-4-12-23-22(27)19-14-20(24-18-11-10-15(2)16(3)13-18)26-21(25-19)17-8-6-5-7-9-17/h4-11,13-14H,1,12H2,2-3H3,(H,23,27)(H,24,25,26). The van der Waals surface area contributed by atoms with Gasteiger partial charge in [-0.15, -0.1) is 6.58 Å². The van der Waals surface area contributed by atoms with Crippen LogP contribution in [0.4, 0.5) is 11.5 Å². The molecule has 0 fully saturated rings. The number of amides is 1. The summed E-state index contributed by atoms with van der Waals surface area (Å²) in [5.41, 5.74) is 4.46. The van der Waals surface area contributed by atoms with Gasteiger partial charge in [-0.1, -0.05) is 42.5 Å². The molecule has 1 aromatic heterocycles. The lowest BCUT2D eigenvalue weighted by Gasteiger charge is -2.11. The number of nitrogens with one attached hydrogen (secondary N) is 2. The first kappa shape index (κ1) is 18.3. The molecule has 2 N–H and O–H groups in total. The number of nitrogens with zero attached hydrogens (tertiary/aromatic N) is 2. The lowest BCUT2D eigenvalue weighted by Crippen LogP contribution is -2.24. The lowest BCUT2D eigenvalue weighted by molar-refractivity contribution is 0.0953. The summed E-state index contributed by atoms with van der Waals surface area (Å²) in [5.74, 6) is 0.793. The van der Waals surface area contributed by atoms with E-state index in [1.54, 1.807) is 12.1 Å². The SMILES string of the molecule is C=CCNC(=O)c1cc(Nc2ccc(C)c(C)c2)nc(-c2ccccc2)n1. The predicted octanol–water partition coefficient (Wildman–Crippen LogP) is 4.42. The van der Waals surface area contributed by atoms with Gasteiger partial charge in [0.2, 0.25) is 0 Å². The Balaban J connectivity index is 1.99. The Morgan fingerprint density at radius 1 is 1.04 bits per heavy atom. The Labute approximate surface area is 159 Å². The quantitative estimate of drug-likeness (QED) is 0.640. The van der Waals surface area contributed by atoms with E-state index in [2.05, 4.69) is 53.2 Å². The van der Waals surface area contributed by atoms with Gasteiger partial charge in [-0.25, -0.2) is 9.97 Å². The normalized spacial score (nSPS) is 10.3. The summed E-state index contributed by atoms with van der Waals surface area (Å²) in [4.78, 5) is 21.4. The summed E-state index contributed by atoms with van der Waals surface area (Å²) in [6, 6.07) is 17.3. The van der Waals surface area contributed by atoms with Gasteiger partial charge in [0.1, 0.15) is 11.5 Å². The fourth-order valence-electron chi connectivity index (χ4n) is 2.57. The molecule has 2 aromatic carbocycles. The van der Waals surface area contributed by atoms with Crippen LogP contribution >= 0.6 is 0 Å². The predicted molar refractivity (Wildman–Crippen MR) is 109 cm³/mol. The summed E-state index contributed by atoms with van der Waals surface area (Å²) < 4.78 is 0. The molecule has 3 aromatic rings. The minimum atomic E-state index is -0.266. The molecule has 3 rings (SSSR count). The number of aryl methyl sites for hydroxylation is 2. The first-order valence-electron chi connectivity index (χ1n) is 8.74. The monoisotopic (exact) mass is 358 g/mol. The third kappa shape index (κ3) is 4.58. The largest absolute Gasteiger partial charge is 0.347 e. The maximum Gasteiger partial charge on any atom is 0.270 e. The number of hydrogen-bond donors (Lipinski definition) is 2. The van der Waals surface area contributed by atoms with Gasteiger partial charge in [0.25, 0.3) is 5.91 Å². The molecule has 27 heavy (non-hydrogen) atoms. The van der Waals surface area contributed by atoms with Gasteiger partial charge >= 0.3 is 0 Å². The number of anilines is 2. The number of rotatable bonds is 6. The minimum Gasteiger partial charge on any atom is -0.347 e. The van der Waals surface area contributed by atoms with Crippen molar-refractivity contribution >= 4 is 17.4 Å². The molecule has 0 radical (unpaired) electrons. The summed E-state index contributed by atoms with van der Waals surface area (Å²) in [5, 5.41) is 6.04. The maximum atomic E-state index is 12.4. The second-order valence-electron chi connectivity index (χ2n) is 6.25. The summed E-state index contributed by atoms with van der Waals surface area (Å²) in [6.45, 7) is 8.13. The van der Waals surface area contributed by atoms with Crippen molar-refractivity contribution in [1.82, 2.24) is 15.3 Å². The first-order valence-corrected chi connectivity index (χ1v) is 8.74. The zero-order chi connectivity index (χ0) is 19.2. The molecular weight excluding hydrogens is 336 g/mol. The molecule has 0 spiro atoms. The Morgan fingerprint density at radius 2 is 1.81 bits per heavy atom. The molecule has 0 aliphatic rings. The van der Waals surface area contributed by atoms with Gasteiger partial charge in [-0.2, -0.15) is 0 Å². The maximum absolute atomic E-state index is 12.4. The van der Waals surface area contributed by atoms with E-state index in [1.165, 1.54) is 11.1 Å². The topological polar surface area (TPSA) is 66.9 Å². The van der Waals surface area contributed by atoms with E-state index in [0.717, 1.165) is 11.3 Å². The zero-order valence-electron chi connectivity index (χ0n) is 15.5. The van der Waals surface area contributed by atoms with Gasteiger partial charge in [-0.3, -0.25) is 4.79 Å². The number of benzene rings is 2. The van der Waals surface area contributed by atoms with Gasteiger partial charge in [0, 0.05) is 23.9 Å². The van der Waals surface area contributed by atoms with E-state index < -0.39 is 0 Å². The van der Waals surface area contributed by atoms with Crippen molar-refractivity contribution in [2.75, 3.05) is 11.9 Å². The molecule has 136 valence electrons. The first-order chi connectivity index (χ1) is 13.1. The highest BCUT2D eigenvalue weighted by atomic mass is 16.1. The molecule has 0 aliphatic heterocycles. The summed E-state index contributed by atoms with van der Waals surface area (Å²) in [6.07, 6.45) is 1.63. The number of carbonyl (C=O) groups excluding carboxylic acids is 1. The molecule has 5 heteroatoms. The highest BCUT2D eigenvalue weighted by molar-refractivity contribution is 5.93. The highest BCUT2D eigenvalue weighted by Gasteiger charge is 2.13. The van der Waals surface area contributed by atoms with Crippen LogP contribution in [0.1, 0.15) is 21.6 Å². The van der Waals surface area contributed by atoms with Crippen molar-refractivity contribution in [3.8, 4) is 11.4 Å². The fraction of sp³-hybridized carbons (Fsp3) is 0.136. The van der Waals surface area contributed by atoms with Gasteiger partial charge in [0.15, 0.2) is 5.82 Å².